The lowest BCUT2D eigenvalue weighted by Crippen LogP contribution is -2.57. The van der Waals surface area contributed by atoms with Crippen LogP contribution in [0.1, 0.15) is 65.7 Å². The molecule has 3 aliphatic rings. The van der Waals surface area contributed by atoms with Crippen molar-refractivity contribution in [2.24, 2.45) is 5.92 Å². The van der Waals surface area contributed by atoms with Gasteiger partial charge in [0.2, 0.25) is 11.8 Å². The highest BCUT2D eigenvalue weighted by atomic mass is 16.6. The van der Waals surface area contributed by atoms with Gasteiger partial charge in [-0.25, -0.2) is 9.59 Å². The molecular formula is C25H39N3O7. The first kappa shape index (κ1) is 27.0. The Morgan fingerprint density at radius 3 is 2.60 bits per heavy atom. The molecule has 1 saturated carbocycles. The average Bonchev–Trinajstić information content (AvgIpc) is 3.32. The summed E-state index contributed by atoms with van der Waals surface area (Å²) in [6, 6.07) is -1.79. The first-order chi connectivity index (χ1) is 16.4. The van der Waals surface area contributed by atoms with Gasteiger partial charge < -0.3 is 24.8 Å². The van der Waals surface area contributed by atoms with E-state index in [4.69, 9.17) is 9.47 Å². The molecule has 0 bridgehead atoms. The van der Waals surface area contributed by atoms with E-state index in [0.29, 0.717) is 19.3 Å². The van der Waals surface area contributed by atoms with Crippen LogP contribution >= 0.6 is 0 Å². The molecule has 0 aromatic rings. The lowest BCUT2D eigenvalue weighted by molar-refractivity contribution is -0.148. The van der Waals surface area contributed by atoms with E-state index in [2.05, 4.69) is 5.32 Å². The standard InChI is InChI=1S/C25H39N3O7/c1-24(2,3)35-23(33)27(4)18-12-10-8-6-7-9-11-16-14-25(16,22(32)34-5)26-20(30)19-13-17(29)15-28(19)21(18)31/h9,11,16-19,29H,6-8,10,12-15H2,1-5H3,(H,26,30). The quantitative estimate of drug-likeness (QED) is 0.443. The monoisotopic (exact) mass is 493 g/mol. The van der Waals surface area contributed by atoms with Crippen molar-refractivity contribution in [3.05, 3.63) is 12.2 Å². The zero-order valence-corrected chi connectivity index (χ0v) is 21.4. The van der Waals surface area contributed by atoms with Gasteiger partial charge in [0.1, 0.15) is 23.2 Å². The van der Waals surface area contributed by atoms with E-state index < -0.39 is 53.2 Å². The Morgan fingerprint density at radius 2 is 1.94 bits per heavy atom. The Morgan fingerprint density at radius 1 is 1.23 bits per heavy atom. The minimum atomic E-state index is -1.16. The molecular weight excluding hydrogens is 454 g/mol. The van der Waals surface area contributed by atoms with E-state index in [1.807, 2.05) is 12.2 Å². The molecule has 2 fully saturated rings. The van der Waals surface area contributed by atoms with E-state index in [9.17, 15) is 24.3 Å². The zero-order valence-electron chi connectivity index (χ0n) is 21.4. The summed E-state index contributed by atoms with van der Waals surface area (Å²) in [5, 5.41) is 13.2. The molecule has 5 atom stereocenters. The minimum absolute atomic E-state index is 0.0237. The summed E-state index contributed by atoms with van der Waals surface area (Å²) in [5.41, 5.74) is -1.88. The highest BCUT2D eigenvalue weighted by molar-refractivity contribution is 5.96. The number of rotatable bonds is 2. The van der Waals surface area contributed by atoms with E-state index in [1.54, 1.807) is 20.8 Å². The van der Waals surface area contributed by atoms with Gasteiger partial charge in [0.15, 0.2) is 0 Å². The average molecular weight is 494 g/mol. The fraction of sp³-hybridized carbons (Fsp3) is 0.760. The molecule has 10 nitrogen and oxygen atoms in total. The van der Waals surface area contributed by atoms with Crippen molar-refractivity contribution in [2.45, 2.75) is 95.0 Å². The highest BCUT2D eigenvalue weighted by Gasteiger charge is 2.62. The van der Waals surface area contributed by atoms with Crippen LogP contribution in [0, 0.1) is 5.92 Å². The van der Waals surface area contributed by atoms with Crippen molar-refractivity contribution in [2.75, 3.05) is 20.7 Å². The first-order valence-electron chi connectivity index (χ1n) is 12.4. The summed E-state index contributed by atoms with van der Waals surface area (Å²) in [4.78, 5) is 55.0. The number of fused-ring (bicyclic) bond motifs is 2. The van der Waals surface area contributed by atoms with Crippen LogP contribution in [-0.2, 0) is 23.9 Å². The Hall–Kier alpha value is -2.62. The van der Waals surface area contributed by atoms with Crippen molar-refractivity contribution in [3.63, 3.8) is 0 Å². The van der Waals surface area contributed by atoms with Crippen LogP contribution in [-0.4, -0.2) is 88.8 Å². The maximum atomic E-state index is 13.7. The largest absolute Gasteiger partial charge is 0.467 e. The van der Waals surface area contributed by atoms with Crippen molar-refractivity contribution in [1.82, 2.24) is 15.1 Å². The number of hydrogen-bond acceptors (Lipinski definition) is 7. The number of likely N-dealkylation sites (N-methyl/N-ethyl adjacent to an activating group) is 1. The number of nitrogens with zero attached hydrogens (tertiary/aromatic N) is 2. The Labute approximate surface area is 207 Å². The van der Waals surface area contributed by atoms with Crippen LogP contribution in [0.5, 0.6) is 0 Å². The van der Waals surface area contributed by atoms with E-state index in [1.165, 1.54) is 24.0 Å². The molecule has 0 radical (unpaired) electrons. The molecule has 1 saturated heterocycles. The second-order valence-electron chi connectivity index (χ2n) is 10.8. The van der Waals surface area contributed by atoms with Gasteiger partial charge in [-0.05, 0) is 46.5 Å². The van der Waals surface area contributed by atoms with E-state index in [-0.39, 0.29) is 18.9 Å². The van der Waals surface area contributed by atoms with Crippen LogP contribution < -0.4 is 5.32 Å². The Bertz CT molecular complexity index is 868. The van der Waals surface area contributed by atoms with Gasteiger partial charge in [-0.1, -0.05) is 25.0 Å². The molecule has 10 heteroatoms. The van der Waals surface area contributed by atoms with Crippen molar-refractivity contribution < 1.29 is 33.8 Å². The highest BCUT2D eigenvalue weighted by Crippen LogP contribution is 2.46. The third kappa shape index (κ3) is 6.15. The van der Waals surface area contributed by atoms with Crippen LogP contribution in [0.15, 0.2) is 12.2 Å². The molecule has 2 N–H and O–H groups in total. The number of esters is 1. The van der Waals surface area contributed by atoms with E-state index in [0.717, 1.165) is 19.3 Å². The molecule has 5 unspecified atom stereocenters. The van der Waals surface area contributed by atoms with Crippen LogP contribution in [0.25, 0.3) is 0 Å². The summed E-state index contributed by atoms with van der Waals surface area (Å²) >= 11 is 0. The molecule has 3 rings (SSSR count). The minimum Gasteiger partial charge on any atom is -0.467 e. The fourth-order valence-corrected chi connectivity index (χ4v) is 4.91. The topological polar surface area (TPSA) is 125 Å². The van der Waals surface area contributed by atoms with Crippen molar-refractivity contribution >= 4 is 23.9 Å². The number of hydrogen-bond donors (Lipinski definition) is 2. The van der Waals surface area contributed by atoms with Crippen LogP contribution in [0.2, 0.25) is 0 Å². The molecule has 0 aromatic carbocycles. The van der Waals surface area contributed by atoms with Crippen molar-refractivity contribution in [3.8, 4) is 0 Å². The first-order valence-corrected chi connectivity index (χ1v) is 12.4. The molecule has 3 amide bonds. The number of aliphatic hydroxyl groups is 1. The number of carbonyl (C=O) groups excluding carboxylic acids is 4. The second kappa shape index (κ2) is 10.6. The van der Waals surface area contributed by atoms with Gasteiger partial charge in [-0.2, -0.15) is 0 Å². The lowest BCUT2D eigenvalue weighted by Gasteiger charge is -2.34. The second-order valence-corrected chi connectivity index (χ2v) is 10.8. The van der Waals surface area contributed by atoms with Crippen LogP contribution in [0.4, 0.5) is 4.79 Å². The molecule has 2 heterocycles. The summed E-state index contributed by atoms with van der Waals surface area (Å²) < 4.78 is 10.4. The normalized spacial score (nSPS) is 31.9. The van der Waals surface area contributed by atoms with Gasteiger partial charge in [-0.15, -0.1) is 0 Å². The Balaban J connectivity index is 1.89. The predicted molar refractivity (Wildman–Crippen MR) is 127 cm³/mol. The zero-order chi connectivity index (χ0) is 26.0. The number of amides is 3. The number of aliphatic hydroxyl groups excluding tert-OH is 1. The molecule has 196 valence electrons. The number of nitrogens with one attached hydrogen (secondary N) is 1. The van der Waals surface area contributed by atoms with Gasteiger partial charge in [0.25, 0.3) is 0 Å². The van der Waals surface area contributed by atoms with Crippen LogP contribution in [0.3, 0.4) is 0 Å². The maximum absolute atomic E-state index is 13.7. The maximum Gasteiger partial charge on any atom is 0.410 e. The molecule has 0 spiro atoms. The summed E-state index contributed by atoms with van der Waals surface area (Å²) in [6.45, 7) is 5.24. The number of carbonyl (C=O) groups is 4. The number of ether oxygens (including phenoxy) is 2. The van der Waals surface area contributed by atoms with Gasteiger partial charge >= 0.3 is 12.1 Å². The molecule has 1 aliphatic carbocycles. The Kier molecular flexibility index (Phi) is 8.14. The van der Waals surface area contributed by atoms with Gasteiger partial charge in [0.05, 0.1) is 13.2 Å². The van der Waals surface area contributed by atoms with Crippen molar-refractivity contribution in [1.29, 1.82) is 0 Å². The van der Waals surface area contributed by atoms with E-state index >= 15 is 0 Å². The fourth-order valence-electron chi connectivity index (χ4n) is 4.91. The summed E-state index contributed by atoms with van der Waals surface area (Å²) in [6.07, 6.45) is 6.61. The molecule has 2 aliphatic heterocycles. The number of allylic oxidation sites excluding steroid dienone is 1. The van der Waals surface area contributed by atoms with Gasteiger partial charge in [0, 0.05) is 25.9 Å². The van der Waals surface area contributed by atoms with Gasteiger partial charge in [-0.3, -0.25) is 14.5 Å². The summed E-state index contributed by atoms with van der Waals surface area (Å²) in [5.74, 6) is -1.62. The smallest absolute Gasteiger partial charge is 0.410 e. The SMILES string of the molecule is COC(=O)C12CC1C=CCCCCCC(N(C)C(=O)OC(C)(C)C)C(=O)N1CC(O)CC1C(=O)N2. The lowest BCUT2D eigenvalue weighted by atomic mass is 10.0. The third-order valence-corrected chi connectivity index (χ3v) is 6.93. The third-order valence-electron chi connectivity index (χ3n) is 6.93. The predicted octanol–water partition coefficient (Wildman–Crippen LogP) is 1.75. The molecule has 35 heavy (non-hydrogen) atoms. The summed E-state index contributed by atoms with van der Waals surface area (Å²) in [7, 11) is 2.81. The molecule has 0 aromatic heterocycles. The number of methoxy groups -OCH3 is 1.